The highest BCUT2D eigenvalue weighted by Gasteiger charge is 2.28. The number of anilines is 1. The predicted molar refractivity (Wildman–Crippen MR) is 60.8 cm³/mol. The number of hydrogen-bond donors (Lipinski definition) is 2. The van der Waals surface area contributed by atoms with Crippen LogP contribution in [-0.2, 0) is 11.2 Å². The number of carbonyl (C=O) groups is 1. The summed E-state index contributed by atoms with van der Waals surface area (Å²) in [7, 11) is 0. The summed E-state index contributed by atoms with van der Waals surface area (Å²) in [6.07, 6.45) is 1.49. The van der Waals surface area contributed by atoms with Crippen LogP contribution < -0.4 is 11.1 Å². The first-order valence-electron chi connectivity index (χ1n) is 5.46. The normalized spacial score (nSPS) is 18.4. The third-order valence-electron chi connectivity index (χ3n) is 2.97. The van der Waals surface area contributed by atoms with Gasteiger partial charge in [-0.25, -0.2) is 4.39 Å². The van der Waals surface area contributed by atoms with Gasteiger partial charge in [0.25, 0.3) is 0 Å². The van der Waals surface area contributed by atoms with Gasteiger partial charge in [0.1, 0.15) is 5.82 Å². The van der Waals surface area contributed by atoms with Crippen LogP contribution >= 0.6 is 0 Å². The van der Waals surface area contributed by atoms with Crippen LogP contribution in [0.25, 0.3) is 0 Å². The molecule has 1 atom stereocenters. The van der Waals surface area contributed by atoms with Gasteiger partial charge in [0.15, 0.2) is 0 Å². The number of nitrogens with two attached hydrogens (primary N) is 1. The summed E-state index contributed by atoms with van der Waals surface area (Å²) in [4.78, 5) is 11.5. The number of halogens is 1. The van der Waals surface area contributed by atoms with Crippen molar-refractivity contribution in [2.24, 2.45) is 5.73 Å². The van der Waals surface area contributed by atoms with Crippen molar-refractivity contribution in [3.8, 4) is 0 Å². The summed E-state index contributed by atoms with van der Waals surface area (Å²) >= 11 is 0. The maximum Gasteiger partial charge on any atom is 0.231 e. The zero-order chi connectivity index (χ0) is 11.7. The third kappa shape index (κ3) is 1.80. The Kier molecular flexibility index (Phi) is 2.92. The molecule has 0 aromatic heterocycles. The highest BCUT2D eigenvalue weighted by Crippen LogP contribution is 2.36. The summed E-state index contributed by atoms with van der Waals surface area (Å²) in [6.45, 7) is 2.35. The number of nitrogens with one attached hydrogen (secondary N) is 1. The van der Waals surface area contributed by atoms with E-state index in [4.69, 9.17) is 5.73 Å². The minimum atomic E-state index is -0.283. The molecular formula is C12H15FN2O. The first kappa shape index (κ1) is 11.1. The van der Waals surface area contributed by atoms with Crippen molar-refractivity contribution in [1.29, 1.82) is 0 Å². The molecule has 1 amide bonds. The van der Waals surface area contributed by atoms with Crippen LogP contribution in [0.4, 0.5) is 10.1 Å². The Bertz CT molecular complexity index is 431. The molecule has 0 fully saturated rings. The largest absolute Gasteiger partial charge is 0.330 e. The Morgan fingerprint density at radius 1 is 1.50 bits per heavy atom. The molecular weight excluding hydrogens is 207 g/mol. The number of amides is 1. The Hall–Kier alpha value is -1.42. The number of fused-ring (bicyclic) bond motifs is 1. The highest BCUT2D eigenvalue weighted by atomic mass is 19.1. The summed E-state index contributed by atoms with van der Waals surface area (Å²) < 4.78 is 13.4. The number of aryl methyl sites for hydroxylation is 1. The van der Waals surface area contributed by atoms with E-state index in [1.54, 1.807) is 6.92 Å². The van der Waals surface area contributed by atoms with E-state index in [2.05, 4.69) is 5.32 Å². The molecule has 0 spiro atoms. The van der Waals surface area contributed by atoms with Gasteiger partial charge in [-0.05, 0) is 49.6 Å². The van der Waals surface area contributed by atoms with E-state index in [0.717, 1.165) is 23.2 Å². The standard InChI is InChI=1S/C12H15FN2O/c1-7-10-6-9(13)5-8(3-2-4-14)11(10)15-12(7)16/h5-7H,2-4,14H2,1H3,(H,15,16). The maximum absolute atomic E-state index is 13.4. The zero-order valence-electron chi connectivity index (χ0n) is 9.22. The third-order valence-corrected chi connectivity index (χ3v) is 2.97. The van der Waals surface area contributed by atoms with Gasteiger partial charge in [-0.15, -0.1) is 0 Å². The van der Waals surface area contributed by atoms with E-state index in [1.807, 2.05) is 0 Å². The van der Waals surface area contributed by atoms with Crippen LogP contribution in [0.1, 0.15) is 30.4 Å². The smallest absolute Gasteiger partial charge is 0.231 e. The second-order valence-electron chi connectivity index (χ2n) is 4.13. The van der Waals surface area contributed by atoms with Gasteiger partial charge in [0.2, 0.25) is 5.91 Å². The van der Waals surface area contributed by atoms with Crippen molar-refractivity contribution in [3.63, 3.8) is 0 Å². The van der Waals surface area contributed by atoms with Crippen LogP contribution in [0.2, 0.25) is 0 Å². The zero-order valence-corrected chi connectivity index (χ0v) is 9.22. The SMILES string of the molecule is CC1C(=O)Nc2c(CCCN)cc(F)cc21. The molecule has 1 aliphatic heterocycles. The maximum atomic E-state index is 13.4. The number of rotatable bonds is 3. The van der Waals surface area contributed by atoms with E-state index in [9.17, 15) is 9.18 Å². The Labute approximate surface area is 93.8 Å². The van der Waals surface area contributed by atoms with Crippen molar-refractivity contribution >= 4 is 11.6 Å². The van der Waals surface area contributed by atoms with E-state index < -0.39 is 0 Å². The quantitative estimate of drug-likeness (QED) is 0.819. The lowest BCUT2D eigenvalue weighted by atomic mass is 9.98. The Balaban J connectivity index is 2.40. The second-order valence-corrected chi connectivity index (χ2v) is 4.13. The number of hydrogen-bond acceptors (Lipinski definition) is 2. The summed E-state index contributed by atoms with van der Waals surface area (Å²) in [5, 5.41) is 2.81. The lowest BCUT2D eigenvalue weighted by molar-refractivity contribution is -0.116. The molecule has 0 bridgehead atoms. The van der Waals surface area contributed by atoms with E-state index in [-0.39, 0.29) is 17.6 Å². The minimum Gasteiger partial charge on any atom is -0.330 e. The topological polar surface area (TPSA) is 55.1 Å². The van der Waals surface area contributed by atoms with Gasteiger partial charge in [-0.2, -0.15) is 0 Å². The highest BCUT2D eigenvalue weighted by molar-refractivity contribution is 6.03. The van der Waals surface area contributed by atoms with Crippen LogP contribution in [0, 0.1) is 5.82 Å². The van der Waals surface area contributed by atoms with Crippen molar-refractivity contribution in [1.82, 2.24) is 0 Å². The van der Waals surface area contributed by atoms with Crippen LogP contribution in [0.15, 0.2) is 12.1 Å². The predicted octanol–water partition coefficient (Wildman–Crippen LogP) is 1.77. The fourth-order valence-electron chi connectivity index (χ4n) is 2.04. The van der Waals surface area contributed by atoms with Gasteiger partial charge in [-0.1, -0.05) is 0 Å². The van der Waals surface area contributed by atoms with E-state index in [0.29, 0.717) is 13.0 Å². The average molecular weight is 222 g/mol. The van der Waals surface area contributed by atoms with Gasteiger partial charge in [-0.3, -0.25) is 4.79 Å². The monoisotopic (exact) mass is 222 g/mol. The second kappa shape index (κ2) is 4.22. The molecule has 1 unspecified atom stereocenters. The molecule has 1 aromatic rings. The molecule has 1 aromatic carbocycles. The molecule has 86 valence electrons. The van der Waals surface area contributed by atoms with Gasteiger partial charge >= 0.3 is 0 Å². The average Bonchev–Trinajstić information content (AvgIpc) is 2.53. The molecule has 1 heterocycles. The molecule has 1 aliphatic rings. The summed E-state index contributed by atoms with van der Waals surface area (Å²) in [5.41, 5.74) is 7.82. The Morgan fingerprint density at radius 3 is 2.94 bits per heavy atom. The van der Waals surface area contributed by atoms with Crippen molar-refractivity contribution in [3.05, 3.63) is 29.1 Å². The van der Waals surface area contributed by atoms with Crippen LogP contribution in [0.5, 0.6) is 0 Å². The molecule has 4 heteroatoms. The first-order chi connectivity index (χ1) is 7.63. The number of carbonyl (C=O) groups excluding carboxylic acids is 1. The molecule has 0 radical (unpaired) electrons. The van der Waals surface area contributed by atoms with Crippen molar-refractivity contribution in [2.45, 2.75) is 25.7 Å². The fraction of sp³-hybridized carbons (Fsp3) is 0.417. The van der Waals surface area contributed by atoms with Crippen molar-refractivity contribution in [2.75, 3.05) is 11.9 Å². The molecule has 0 saturated carbocycles. The Morgan fingerprint density at radius 2 is 2.25 bits per heavy atom. The van der Waals surface area contributed by atoms with Gasteiger partial charge < -0.3 is 11.1 Å². The van der Waals surface area contributed by atoms with E-state index >= 15 is 0 Å². The summed E-state index contributed by atoms with van der Waals surface area (Å²) in [6, 6.07) is 2.91. The molecule has 2 rings (SSSR count). The minimum absolute atomic E-state index is 0.0606. The first-order valence-corrected chi connectivity index (χ1v) is 5.46. The molecule has 0 aliphatic carbocycles. The van der Waals surface area contributed by atoms with Gasteiger partial charge in [0, 0.05) is 5.69 Å². The van der Waals surface area contributed by atoms with Gasteiger partial charge in [0.05, 0.1) is 5.92 Å². The summed E-state index contributed by atoms with van der Waals surface area (Å²) in [5.74, 6) is -0.606. The fourth-order valence-corrected chi connectivity index (χ4v) is 2.04. The van der Waals surface area contributed by atoms with Crippen LogP contribution in [-0.4, -0.2) is 12.5 Å². The lowest BCUT2D eigenvalue weighted by Gasteiger charge is -2.08. The molecule has 3 N–H and O–H groups in total. The molecule has 16 heavy (non-hydrogen) atoms. The molecule has 3 nitrogen and oxygen atoms in total. The van der Waals surface area contributed by atoms with E-state index in [1.165, 1.54) is 12.1 Å². The number of benzene rings is 1. The van der Waals surface area contributed by atoms with Crippen LogP contribution in [0.3, 0.4) is 0 Å². The molecule has 0 saturated heterocycles. The lowest BCUT2D eigenvalue weighted by Crippen LogP contribution is -2.09. The van der Waals surface area contributed by atoms with Crippen molar-refractivity contribution < 1.29 is 9.18 Å².